The largest absolute Gasteiger partial charge is 0.497 e. The minimum Gasteiger partial charge on any atom is -0.497 e. The van der Waals surface area contributed by atoms with Crippen LogP contribution in [0.1, 0.15) is 6.92 Å². The zero-order valence-electron chi connectivity index (χ0n) is 15.7. The molecule has 0 saturated carbocycles. The number of fused-ring (bicyclic) bond motifs is 1. The first-order valence-corrected chi connectivity index (χ1v) is 9.63. The molecule has 0 aliphatic rings. The quantitative estimate of drug-likeness (QED) is 0.375. The lowest BCUT2D eigenvalue weighted by atomic mass is 10.2. The zero-order chi connectivity index (χ0) is 20.1. The standard InChI is InChI=1S/C21H21N3O3S/c1-4-12-24-20(26)17-10-5-6-11-18(17)23-21(24)28-14(2)19(25)22-15-8-7-9-16(13-15)27-3/h4-11,13-14H,1,12H2,2-3H3,(H,22,25). The summed E-state index contributed by atoms with van der Waals surface area (Å²) in [4.78, 5) is 30.0. The number of hydrogen-bond donors (Lipinski definition) is 1. The Morgan fingerprint density at radius 2 is 2.11 bits per heavy atom. The van der Waals surface area contributed by atoms with Crippen molar-refractivity contribution in [2.75, 3.05) is 12.4 Å². The summed E-state index contributed by atoms with van der Waals surface area (Å²) >= 11 is 1.24. The third-order valence-electron chi connectivity index (χ3n) is 4.13. The van der Waals surface area contributed by atoms with Gasteiger partial charge in [-0.1, -0.05) is 36.0 Å². The minimum absolute atomic E-state index is 0.145. The highest BCUT2D eigenvalue weighted by Crippen LogP contribution is 2.24. The van der Waals surface area contributed by atoms with E-state index in [9.17, 15) is 9.59 Å². The van der Waals surface area contributed by atoms with E-state index < -0.39 is 5.25 Å². The number of nitrogens with zero attached hydrogens (tertiary/aromatic N) is 2. The van der Waals surface area contributed by atoms with E-state index in [-0.39, 0.29) is 11.5 Å². The second-order valence-electron chi connectivity index (χ2n) is 6.10. The molecular formula is C21H21N3O3S. The van der Waals surface area contributed by atoms with Crippen LogP contribution in [-0.4, -0.2) is 27.8 Å². The van der Waals surface area contributed by atoms with Crippen LogP contribution in [0.5, 0.6) is 5.75 Å². The van der Waals surface area contributed by atoms with E-state index >= 15 is 0 Å². The highest BCUT2D eigenvalue weighted by molar-refractivity contribution is 8.00. The third-order valence-corrected chi connectivity index (χ3v) is 5.22. The second-order valence-corrected chi connectivity index (χ2v) is 7.41. The van der Waals surface area contributed by atoms with Crippen molar-refractivity contribution in [2.24, 2.45) is 0 Å². The predicted molar refractivity (Wildman–Crippen MR) is 113 cm³/mol. The van der Waals surface area contributed by atoms with Gasteiger partial charge in [0.2, 0.25) is 5.91 Å². The summed E-state index contributed by atoms with van der Waals surface area (Å²) in [7, 11) is 1.57. The molecule has 3 aromatic rings. The molecule has 3 rings (SSSR count). The summed E-state index contributed by atoms with van der Waals surface area (Å²) < 4.78 is 6.71. The molecule has 0 spiro atoms. The van der Waals surface area contributed by atoms with Gasteiger partial charge in [-0.25, -0.2) is 4.98 Å². The molecule has 0 bridgehead atoms. The average molecular weight is 395 g/mol. The third kappa shape index (κ3) is 4.26. The number of methoxy groups -OCH3 is 1. The number of nitrogens with one attached hydrogen (secondary N) is 1. The van der Waals surface area contributed by atoms with Crippen LogP contribution in [0.25, 0.3) is 10.9 Å². The van der Waals surface area contributed by atoms with Crippen molar-refractivity contribution in [3.8, 4) is 5.75 Å². The van der Waals surface area contributed by atoms with Crippen LogP contribution in [0.2, 0.25) is 0 Å². The van der Waals surface area contributed by atoms with Crippen molar-refractivity contribution in [1.82, 2.24) is 9.55 Å². The number of amides is 1. The molecule has 0 saturated heterocycles. The summed E-state index contributed by atoms with van der Waals surface area (Å²) in [5.74, 6) is 0.472. The number of allylic oxidation sites excluding steroid dienone is 1. The molecule has 7 heteroatoms. The number of rotatable bonds is 7. The Kier molecular flexibility index (Phi) is 6.16. The Morgan fingerprint density at radius 3 is 2.86 bits per heavy atom. The first-order chi connectivity index (χ1) is 13.5. The molecule has 6 nitrogen and oxygen atoms in total. The van der Waals surface area contributed by atoms with Gasteiger partial charge >= 0.3 is 0 Å². The summed E-state index contributed by atoms with van der Waals surface area (Å²) in [6.45, 7) is 5.82. The normalized spacial score (nSPS) is 11.8. The lowest BCUT2D eigenvalue weighted by Crippen LogP contribution is -2.26. The van der Waals surface area contributed by atoms with E-state index in [1.807, 2.05) is 6.07 Å². The van der Waals surface area contributed by atoms with Crippen LogP contribution in [0.4, 0.5) is 5.69 Å². The first-order valence-electron chi connectivity index (χ1n) is 8.75. The van der Waals surface area contributed by atoms with E-state index in [0.717, 1.165) is 0 Å². The van der Waals surface area contributed by atoms with Gasteiger partial charge in [-0.2, -0.15) is 0 Å². The first kappa shape index (κ1) is 19.7. The summed E-state index contributed by atoms with van der Waals surface area (Å²) in [6.07, 6.45) is 1.64. The monoisotopic (exact) mass is 395 g/mol. The van der Waals surface area contributed by atoms with Crippen LogP contribution >= 0.6 is 11.8 Å². The van der Waals surface area contributed by atoms with E-state index in [0.29, 0.717) is 34.0 Å². The molecule has 1 heterocycles. The molecule has 0 aliphatic heterocycles. The predicted octanol–water partition coefficient (Wildman–Crippen LogP) is 3.71. The Labute approximate surface area is 167 Å². The van der Waals surface area contributed by atoms with Gasteiger partial charge in [-0.3, -0.25) is 14.2 Å². The van der Waals surface area contributed by atoms with Crippen molar-refractivity contribution >= 4 is 34.3 Å². The fourth-order valence-electron chi connectivity index (χ4n) is 2.68. The zero-order valence-corrected chi connectivity index (χ0v) is 16.5. The van der Waals surface area contributed by atoms with Gasteiger partial charge in [-0.05, 0) is 31.2 Å². The van der Waals surface area contributed by atoms with Crippen molar-refractivity contribution < 1.29 is 9.53 Å². The molecular weight excluding hydrogens is 374 g/mol. The van der Waals surface area contributed by atoms with Gasteiger partial charge in [-0.15, -0.1) is 6.58 Å². The fraction of sp³-hybridized carbons (Fsp3) is 0.190. The Balaban J connectivity index is 1.86. The summed E-state index contributed by atoms with van der Waals surface area (Å²) in [5.41, 5.74) is 1.11. The maximum atomic E-state index is 12.8. The molecule has 1 amide bonds. The minimum atomic E-state index is -0.463. The molecule has 0 aliphatic carbocycles. The van der Waals surface area contributed by atoms with E-state index in [1.165, 1.54) is 16.3 Å². The van der Waals surface area contributed by atoms with Crippen molar-refractivity contribution in [2.45, 2.75) is 23.9 Å². The summed E-state index contributed by atoms with van der Waals surface area (Å²) in [6, 6.07) is 14.3. The van der Waals surface area contributed by atoms with E-state index in [1.54, 1.807) is 62.6 Å². The molecule has 2 aromatic carbocycles. The molecule has 1 unspecified atom stereocenters. The number of thioether (sulfide) groups is 1. The smallest absolute Gasteiger partial charge is 0.262 e. The van der Waals surface area contributed by atoms with Gasteiger partial charge in [0.1, 0.15) is 5.75 Å². The maximum Gasteiger partial charge on any atom is 0.262 e. The highest BCUT2D eigenvalue weighted by Gasteiger charge is 2.19. The van der Waals surface area contributed by atoms with Gasteiger partial charge < -0.3 is 10.1 Å². The number of benzene rings is 2. The molecule has 144 valence electrons. The van der Waals surface area contributed by atoms with Crippen molar-refractivity contribution in [1.29, 1.82) is 0 Å². The highest BCUT2D eigenvalue weighted by atomic mass is 32.2. The van der Waals surface area contributed by atoms with Crippen molar-refractivity contribution in [3.05, 3.63) is 71.5 Å². The maximum absolute atomic E-state index is 12.8. The van der Waals surface area contributed by atoms with Crippen molar-refractivity contribution in [3.63, 3.8) is 0 Å². The van der Waals surface area contributed by atoms with Gasteiger partial charge in [0.05, 0.1) is 23.3 Å². The lowest BCUT2D eigenvalue weighted by Gasteiger charge is -2.15. The topological polar surface area (TPSA) is 73.2 Å². The lowest BCUT2D eigenvalue weighted by molar-refractivity contribution is -0.115. The number of hydrogen-bond acceptors (Lipinski definition) is 5. The molecule has 1 aromatic heterocycles. The van der Waals surface area contributed by atoms with Crippen LogP contribution in [0.3, 0.4) is 0 Å². The Bertz CT molecular complexity index is 1080. The van der Waals surface area contributed by atoms with Gasteiger partial charge in [0, 0.05) is 18.3 Å². The fourth-order valence-corrected chi connectivity index (χ4v) is 3.60. The van der Waals surface area contributed by atoms with Gasteiger partial charge in [0.15, 0.2) is 5.16 Å². The number of anilines is 1. The second kappa shape index (κ2) is 8.75. The van der Waals surface area contributed by atoms with Gasteiger partial charge in [0.25, 0.3) is 5.56 Å². The summed E-state index contributed by atoms with van der Waals surface area (Å²) in [5, 5.41) is 3.43. The SMILES string of the molecule is C=CCn1c(SC(C)C(=O)Nc2cccc(OC)c2)nc2ccccc2c1=O. The number of ether oxygens (including phenoxy) is 1. The number of aromatic nitrogens is 2. The van der Waals surface area contributed by atoms with E-state index in [4.69, 9.17) is 4.74 Å². The molecule has 28 heavy (non-hydrogen) atoms. The van der Waals surface area contributed by atoms with E-state index in [2.05, 4.69) is 16.9 Å². The molecule has 0 radical (unpaired) electrons. The molecule has 1 atom stereocenters. The van der Waals surface area contributed by atoms with Crippen LogP contribution in [0, 0.1) is 0 Å². The number of carbonyl (C=O) groups is 1. The van der Waals surface area contributed by atoms with Crippen LogP contribution in [0.15, 0.2) is 71.1 Å². The Morgan fingerprint density at radius 1 is 1.32 bits per heavy atom. The molecule has 1 N–H and O–H groups in total. The number of para-hydroxylation sites is 1. The Hall–Kier alpha value is -3.06. The number of carbonyl (C=O) groups excluding carboxylic acids is 1. The van der Waals surface area contributed by atoms with Crippen LogP contribution in [-0.2, 0) is 11.3 Å². The molecule has 0 fully saturated rings. The average Bonchev–Trinajstić information content (AvgIpc) is 2.71. The van der Waals surface area contributed by atoms with Crippen LogP contribution < -0.4 is 15.6 Å².